The van der Waals surface area contributed by atoms with Gasteiger partial charge in [0, 0.05) is 17.0 Å². The largest absolute Gasteiger partial charge is 0.495 e. The second-order valence-corrected chi connectivity index (χ2v) is 5.47. The SMILES string of the molecule is COc1ccc(NC(=O)CCCc2cccs2)cc1N.Cl. The molecule has 0 radical (unpaired) electrons. The number of rotatable bonds is 6. The number of amides is 1. The number of hydrogen-bond donors (Lipinski definition) is 2. The number of halogens is 1. The van der Waals surface area contributed by atoms with Crippen LogP contribution in [0.3, 0.4) is 0 Å². The summed E-state index contributed by atoms with van der Waals surface area (Å²) in [5.74, 6) is 0.617. The van der Waals surface area contributed by atoms with E-state index in [9.17, 15) is 4.79 Å². The van der Waals surface area contributed by atoms with E-state index in [-0.39, 0.29) is 18.3 Å². The number of methoxy groups -OCH3 is 1. The van der Waals surface area contributed by atoms with E-state index in [1.165, 1.54) is 4.88 Å². The Bertz CT molecular complexity index is 573. The fourth-order valence-electron chi connectivity index (χ4n) is 1.91. The van der Waals surface area contributed by atoms with Gasteiger partial charge in [0.25, 0.3) is 0 Å². The number of ether oxygens (including phenoxy) is 1. The predicted octanol–water partition coefficient (Wildman–Crippen LogP) is 3.72. The topological polar surface area (TPSA) is 64.3 Å². The van der Waals surface area contributed by atoms with Gasteiger partial charge in [-0.2, -0.15) is 0 Å². The molecule has 1 aromatic carbocycles. The van der Waals surface area contributed by atoms with Gasteiger partial charge in [0.2, 0.25) is 5.91 Å². The molecule has 1 heterocycles. The zero-order valence-corrected chi connectivity index (χ0v) is 13.4. The molecule has 0 aliphatic heterocycles. The van der Waals surface area contributed by atoms with Crippen LogP contribution >= 0.6 is 23.7 Å². The fraction of sp³-hybridized carbons (Fsp3) is 0.267. The summed E-state index contributed by atoms with van der Waals surface area (Å²) in [5, 5.41) is 4.89. The van der Waals surface area contributed by atoms with Crippen molar-refractivity contribution < 1.29 is 9.53 Å². The Labute approximate surface area is 134 Å². The van der Waals surface area contributed by atoms with Crippen LogP contribution in [0.4, 0.5) is 11.4 Å². The van der Waals surface area contributed by atoms with E-state index in [0.717, 1.165) is 12.8 Å². The van der Waals surface area contributed by atoms with E-state index in [1.54, 1.807) is 36.6 Å². The number of nitrogens with one attached hydrogen (secondary N) is 1. The molecule has 0 spiro atoms. The number of carbonyl (C=O) groups excluding carboxylic acids is 1. The van der Waals surface area contributed by atoms with Crippen molar-refractivity contribution >= 4 is 41.0 Å². The lowest BCUT2D eigenvalue weighted by atomic mass is 10.2. The van der Waals surface area contributed by atoms with Crippen LogP contribution in [0.2, 0.25) is 0 Å². The van der Waals surface area contributed by atoms with E-state index in [2.05, 4.69) is 16.8 Å². The number of benzene rings is 1. The number of nitrogens with two attached hydrogens (primary N) is 1. The van der Waals surface area contributed by atoms with Crippen LogP contribution < -0.4 is 15.8 Å². The lowest BCUT2D eigenvalue weighted by molar-refractivity contribution is -0.116. The Hall–Kier alpha value is -1.72. The maximum absolute atomic E-state index is 11.8. The highest BCUT2D eigenvalue weighted by Crippen LogP contribution is 2.24. The molecule has 0 fully saturated rings. The molecule has 0 unspecified atom stereocenters. The van der Waals surface area contributed by atoms with Crippen LogP contribution in [0.15, 0.2) is 35.7 Å². The van der Waals surface area contributed by atoms with Gasteiger partial charge in [-0.3, -0.25) is 4.79 Å². The van der Waals surface area contributed by atoms with Crippen molar-refractivity contribution in [1.82, 2.24) is 0 Å². The molecule has 2 rings (SSSR count). The van der Waals surface area contributed by atoms with Crippen molar-refractivity contribution in [2.75, 3.05) is 18.2 Å². The smallest absolute Gasteiger partial charge is 0.224 e. The van der Waals surface area contributed by atoms with Gasteiger partial charge >= 0.3 is 0 Å². The predicted molar refractivity (Wildman–Crippen MR) is 90.5 cm³/mol. The van der Waals surface area contributed by atoms with E-state index < -0.39 is 0 Å². The van der Waals surface area contributed by atoms with Crippen LogP contribution in [0.1, 0.15) is 17.7 Å². The summed E-state index contributed by atoms with van der Waals surface area (Å²) in [6, 6.07) is 9.35. The highest BCUT2D eigenvalue weighted by atomic mass is 35.5. The average Bonchev–Trinajstić information content (AvgIpc) is 2.92. The van der Waals surface area contributed by atoms with Crippen LogP contribution in [0.25, 0.3) is 0 Å². The maximum atomic E-state index is 11.8. The molecule has 0 saturated heterocycles. The van der Waals surface area contributed by atoms with E-state index in [4.69, 9.17) is 10.5 Å². The summed E-state index contributed by atoms with van der Waals surface area (Å²) in [6.45, 7) is 0. The van der Waals surface area contributed by atoms with E-state index in [1.807, 2.05) is 6.07 Å². The highest BCUT2D eigenvalue weighted by molar-refractivity contribution is 7.09. The summed E-state index contributed by atoms with van der Waals surface area (Å²) < 4.78 is 5.07. The van der Waals surface area contributed by atoms with Crippen LogP contribution in [0.5, 0.6) is 5.75 Å². The Morgan fingerprint density at radius 2 is 2.19 bits per heavy atom. The number of thiophene rings is 1. The number of nitrogen functional groups attached to an aromatic ring is 1. The third kappa shape index (κ3) is 5.28. The van der Waals surface area contributed by atoms with Crippen molar-refractivity contribution in [3.63, 3.8) is 0 Å². The molecular weight excluding hydrogens is 308 g/mol. The highest BCUT2D eigenvalue weighted by Gasteiger charge is 2.05. The van der Waals surface area contributed by atoms with Crippen LogP contribution in [0, 0.1) is 0 Å². The lowest BCUT2D eigenvalue weighted by Gasteiger charge is -2.08. The molecule has 4 nitrogen and oxygen atoms in total. The third-order valence-electron chi connectivity index (χ3n) is 2.92. The van der Waals surface area contributed by atoms with E-state index in [0.29, 0.717) is 23.5 Å². The molecule has 3 N–H and O–H groups in total. The average molecular weight is 327 g/mol. The van der Waals surface area contributed by atoms with Crippen LogP contribution in [-0.4, -0.2) is 13.0 Å². The third-order valence-corrected chi connectivity index (χ3v) is 3.86. The summed E-state index contributed by atoms with van der Waals surface area (Å²) in [5.41, 5.74) is 7.01. The number of hydrogen-bond acceptors (Lipinski definition) is 4. The molecule has 0 aliphatic rings. The van der Waals surface area contributed by atoms with Gasteiger partial charge in [0.1, 0.15) is 5.75 Å². The standard InChI is InChI=1S/C15H18N2O2S.ClH/c1-19-14-8-7-11(10-13(14)16)17-15(18)6-2-4-12-5-3-9-20-12;/h3,5,7-10H,2,4,6,16H2,1H3,(H,17,18);1H. The van der Waals surface area contributed by atoms with Gasteiger partial charge in [-0.15, -0.1) is 23.7 Å². The Kier molecular flexibility index (Phi) is 7.05. The van der Waals surface area contributed by atoms with Gasteiger partial charge < -0.3 is 15.8 Å². The minimum Gasteiger partial charge on any atom is -0.495 e. The zero-order chi connectivity index (χ0) is 14.4. The fourth-order valence-corrected chi connectivity index (χ4v) is 2.66. The molecule has 0 atom stereocenters. The zero-order valence-electron chi connectivity index (χ0n) is 11.8. The van der Waals surface area contributed by atoms with E-state index >= 15 is 0 Å². The monoisotopic (exact) mass is 326 g/mol. The van der Waals surface area contributed by atoms with Gasteiger partial charge in [0.15, 0.2) is 0 Å². The lowest BCUT2D eigenvalue weighted by Crippen LogP contribution is -2.11. The molecule has 1 amide bonds. The summed E-state index contributed by atoms with van der Waals surface area (Å²) in [7, 11) is 1.56. The summed E-state index contributed by atoms with van der Waals surface area (Å²) in [4.78, 5) is 13.1. The van der Waals surface area contributed by atoms with Gasteiger partial charge in [-0.25, -0.2) is 0 Å². The van der Waals surface area contributed by atoms with Crippen molar-refractivity contribution in [2.45, 2.75) is 19.3 Å². The molecule has 114 valence electrons. The second-order valence-electron chi connectivity index (χ2n) is 4.44. The molecule has 0 bridgehead atoms. The summed E-state index contributed by atoms with van der Waals surface area (Å²) >= 11 is 1.72. The quantitative estimate of drug-likeness (QED) is 0.795. The molecule has 6 heteroatoms. The molecule has 2 aromatic rings. The maximum Gasteiger partial charge on any atom is 0.224 e. The molecule has 1 aromatic heterocycles. The van der Waals surface area contributed by atoms with Crippen molar-refractivity contribution in [3.8, 4) is 5.75 Å². The van der Waals surface area contributed by atoms with Gasteiger partial charge in [0.05, 0.1) is 12.8 Å². The number of anilines is 2. The van der Waals surface area contributed by atoms with Crippen molar-refractivity contribution in [2.24, 2.45) is 0 Å². The summed E-state index contributed by atoms with van der Waals surface area (Å²) in [6.07, 6.45) is 2.29. The first-order chi connectivity index (χ1) is 9.69. The Morgan fingerprint density at radius 3 is 2.81 bits per heavy atom. The number of aryl methyl sites for hydroxylation is 1. The van der Waals surface area contributed by atoms with Gasteiger partial charge in [-0.1, -0.05) is 6.07 Å². The first-order valence-electron chi connectivity index (χ1n) is 6.45. The first kappa shape index (κ1) is 17.3. The Balaban J connectivity index is 0.00000220. The minimum absolute atomic E-state index is 0. The minimum atomic E-state index is 0. The van der Waals surface area contributed by atoms with Crippen molar-refractivity contribution in [3.05, 3.63) is 40.6 Å². The van der Waals surface area contributed by atoms with Crippen LogP contribution in [-0.2, 0) is 11.2 Å². The number of carbonyl (C=O) groups is 1. The molecule has 0 saturated carbocycles. The normalized spacial score (nSPS) is 9.76. The van der Waals surface area contributed by atoms with Crippen molar-refractivity contribution in [1.29, 1.82) is 0 Å². The molecule has 21 heavy (non-hydrogen) atoms. The Morgan fingerprint density at radius 1 is 1.38 bits per heavy atom. The first-order valence-corrected chi connectivity index (χ1v) is 7.33. The molecule has 0 aliphatic carbocycles. The second kappa shape index (κ2) is 8.54. The van der Waals surface area contributed by atoms with Gasteiger partial charge in [-0.05, 0) is 42.5 Å². The molecular formula is C15H19ClN2O2S.